The molecule has 3 heterocycles. The lowest BCUT2D eigenvalue weighted by Gasteiger charge is -2.09. The number of ether oxygens (including phenoxy) is 1. The lowest BCUT2D eigenvalue weighted by Crippen LogP contribution is -2.11. The van der Waals surface area contributed by atoms with Gasteiger partial charge in [0.05, 0.1) is 6.10 Å². The maximum absolute atomic E-state index is 5.65. The molecule has 5 nitrogen and oxygen atoms in total. The number of hydrogen-bond acceptors (Lipinski definition) is 7. The number of hydrogen-bond donors (Lipinski definition) is 2. The number of aryl methyl sites for hydroxylation is 1. The van der Waals surface area contributed by atoms with Crippen molar-refractivity contribution in [2.75, 3.05) is 17.8 Å². The minimum atomic E-state index is 0.351. The van der Waals surface area contributed by atoms with E-state index in [0.717, 1.165) is 40.4 Å². The van der Waals surface area contributed by atoms with Gasteiger partial charge in [0.2, 0.25) is 5.95 Å². The van der Waals surface area contributed by atoms with Crippen LogP contribution in [0, 0.1) is 6.92 Å². The number of nitrogen functional groups attached to an aromatic ring is 1. The first-order chi connectivity index (χ1) is 9.26. The molecule has 0 amide bonds. The first-order valence-corrected chi connectivity index (χ1v) is 8.05. The Morgan fingerprint density at radius 3 is 3.21 bits per heavy atom. The molecule has 1 aliphatic rings. The summed E-state index contributed by atoms with van der Waals surface area (Å²) < 4.78 is 5.65. The SMILES string of the molecule is Cc1cc2c(SCC3CCCO3)nc(NN)nc2s1. The molecule has 1 fully saturated rings. The number of nitrogens with two attached hydrogens (primary N) is 1. The summed E-state index contributed by atoms with van der Waals surface area (Å²) in [7, 11) is 0. The fourth-order valence-electron chi connectivity index (χ4n) is 2.14. The van der Waals surface area contributed by atoms with Crippen LogP contribution in [0.5, 0.6) is 0 Å². The van der Waals surface area contributed by atoms with E-state index in [1.807, 2.05) is 0 Å². The molecule has 0 aromatic carbocycles. The molecular weight excluding hydrogens is 280 g/mol. The molecule has 2 aromatic rings. The van der Waals surface area contributed by atoms with Gasteiger partial charge in [-0.05, 0) is 25.8 Å². The molecule has 102 valence electrons. The monoisotopic (exact) mass is 296 g/mol. The number of fused-ring (bicyclic) bond motifs is 1. The molecule has 2 aromatic heterocycles. The maximum Gasteiger partial charge on any atom is 0.239 e. The standard InChI is InChI=1S/C12H16N4OS2/c1-7-5-9-10(18-6-8-3-2-4-17-8)14-12(16-13)15-11(9)19-7/h5,8H,2-4,6,13H2,1H3,(H,14,15,16). The Bertz CT molecular complexity index is 580. The first kappa shape index (κ1) is 13.1. The summed E-state index contributed by atoms with van der Waals surface area (Å²) in [4.78, 5) is 11.1. The van der Waals surface area contributed by atoms with Gasteiger partial charge >= 0.3 is 0 Å². The Labute approximate surface area is 119 Å². The summed E-state index contributed by atoms with van der Waals surface area (Å²) in [5.74, 6) is 6.84. The highest BCUT2D eigenvalue weighted by Crippen LogP contribution is 2.33. The molecule has 3 rings (SSSR count). The van der Waals surface area contributed by atoms with E-state index >= 15 is 0 Å². The third-order valence-electron chi connectivity index (χ3n) is 3.04. The fourth-order valence-corrected chi connectivity index (χ4v) is 4.15. The Morgan fingerprint density at radius 1 is 1.58 bits per heavy atom. The molecule has 0 radical (unpaired) electrons. The summed E-state index contributed by atoms with van der Waals surface area (Å²) in [5.41, 5.74) is 2.54. The van der Waals surface area contributed by atoms with Gasteiger partial charge in [-0.15, -0.1) is 23.1 Å². The quantitative estimate of drug-likeness (QED) is 0.391. The molecule has 0 spiro atoms. The predicted molar refractivity (Wildman–Crippen MR) is 79.7 cm³/mol. The van der Waals surface area contributed by atoms with E-state index in [9.17, 15) is 0 Å². The lowest BCUT2D eigenvalue weighted by atomic mass is 10.3. The normalized spacial score (nSPS) is 19.2. The smallest absolute Gasteiger partial charge is 0.239 e. The van der Waals surface area contributed by atoms with Gasteiger partial charge in [-0.3, -0.25) is 5.43 Å². The van der Waals surface area contributed by atoms with Crippen LogP contribution in [-0.4, -0.2) is 28.4 Å². The van der Waals surface area contributed by atoms with Crippen LogP contribution in [0.4, 0.5) is 5.95 Å². The molecule has 0 aliphatic carbocycles. The third kappa shape index (κ3) is 2.84. The molecule has 19 heavy (non-hydrogen) atoms. The van der Waals surface area contributed by atoms with Crippen molar-refractivity contribution in [3.05, 3.63) is 10.9 Å². The second-order valence-corrected chi connectivity index (χ2v) is 6.76. The highest BCUT2D eigenvalue weighted by molar-refractivity contribution is 7.99. The summed E-state index contributed by atoms with van der Waals surface area (Å²) in [5, 5.41) is 2.10. The van der Waals surface area contributed by atoms with E-state index < -0.39 is 0 Å². The highest BCUT2D eigenvalue weighted by atomic mass is 32.2. The van der Waals surface area contributed by atoms with Crippen LogP contribution in [0.2, 0.25) is 0 Å². The van der Waals surface area contributed by atoms with Gasteiger partial charge in [-0.2, -0.15) is 0 Å². The number of thioether (sulfide) groups is 1. The number of nitrogens with zero attached hydrogens (tertiary/aromatic N) is 2. The molecular formula is C12H16N4OS2. The van der Waals surface area contributed by atoms with Gasteiger partial charge in [-0.25, -0.2) is 15.8 Å². The second kappa shape index (κ2) is 5.62. The average Bonchev–Trinajstić information content (AvgIpc) is 3.03. The summed E-state index contributed by atoms with van der Waals surface area (Å²) >= 11 is 3.39. The molecule has 7 heteroatoms. The van der Waals surface area contributed by atoms with Gasteiger partial charge in [0.15, 0.2) is 0 Å². The van der Waals surface area contributed by atoms with Crippen molar-refractivity contribution < 1.29 is 4.74 Å². The van der Waals surface area contributed by atoms with Crippen LogP contribution in [0.25, 0.3) is 10.2 Å². The van der Waals surface area contributed by atoms with Gasteiger partial charge in [0.25, 0.3) is 0 Å². The van der Waals surface area contributed by atoms with Crippen molar-refractivity contribution >= 4 is 39.3 Å². The van der Waals surface area contributed by atoms with Crippen LogP contribution in [0.1, 0.15) is 17.7 Å². The van der Waals surface area contributed by atoms with E-state index in [1.165, 1.54) is 4.88 Å². The van der Waals surface area contributed by atoms with E-state index in [0.29, 0.717) is 12.1 Å². The van der Waals surface area contributed by atoms with Crippen molar-refractivity contribution in [3.63, 3.8) is 0 Å². The van der Waals surface area contributed by atoms with Crippen molar-refractivity contribution in [1.82, 2.24) is 9.97 Å². The van der Waals surface area contributed by atoms with E-state index in [-0.39, 0.29) is 0 Å². The maximum atomic E-state index is 5.65. The zero-order valence-electron chi connectivity index (χ0n) is 10.7. The van der Waals surface area contributed by atoms with Crippen molar-refractivity contribution in [3.8, 4) is 0 Å². The van der Waals surface area contributed by atoms with E-state index in [4.69, 9.17) is 10.6 Å². The third-order valence-corrected chi connectivity index (χ3v) is 5.11. The molecule has 1 atom stereocenters. The summed E-state index contributed by atoms with van der Waals surface area (Å²) in [6.07, 6.45) is 2.66. The van der Waals surface area contributed by atoms with Crippen LogP contribution in [0.15, 0.2) is 11.1 Å². The topological polar surface area (TPSA) is 73.1 Å². The first-order valence-electron chi connectivity index (χ1n) is 6.25. The minimum Gasteiger partial charge on any atom is -0.377 e. The zero-order valence-corrected chi connectivity index (χ0v) is 12.3. The molecule has 0 saturated carbocycles. The number of nitrogens with one attached hydrogen (secondary N) is 1. The number of aromatic nitrogens is 2. The zero-order chi connectivity index (χ0) is 13.2. The Kier molecular flexibility index (Phi) is 3.88. The molecule has 1 unspecified atom stereocenters. The van der Waals surface area contributed by atoms with Crippen LogP contribution < -0.4 is 11.3 Å². The van der Waals surface area contributed by atoms with Crippen LogP contribution in [-0.2, 0) is 4.74 Å². The van der Waals surface area contributed by atoms with Gasteiger partial charge < -0.3 is 4.74 Å². The Hall–Kier alpha value is -0.890. The number of hydrazine groups is 1. The Morgan fingerprint density at radius 2 is 2.47 bits per heavy atom. The summed E-state index contributed by atoms with van der Waals surface area (Å²) in [6.45, 7) is 2.97. The largest absolute Gasteiger partial charge is 0.377 e. The van der Waals surface area contributed by atoms with Crippen molar-refractivity contribution in [1.29, 1.82) is 0 Å². The Balaban J connectivity index is 1.86. The van der Waals surface area contributed by atoms with Crippen molar-refractivity contribution in [2.45, 2.75) is 30.9 Å². The highest BCUT2D eigenvalue weighted by Gasteiger charge is 2.18. The number of rotatable bonds is 4. The van der Waals surface area contributed by atoms with E-state index in [2.05, 4.69) is 28.4 Å². The molecule has 1 saturated heterocycles. The van der Waals surface area contributed by atoms with Crippen LogP contribution >= 0.6 is 23.1 Å². The molecule has 1 aliphatic heterocycles. The van der Waals surface area contributed by atoms with E-state index in [1.54, 1.807) is 23.1 Å². The molecule has 3 N–H and O–H groups in total. The molecule has 0 bridgehead atoms. The average molecular weight is 296 g/mol. The van der Waals surface area contributed by atoms with Crippen molar-refractivity contribution in [2.24, 2.45) is 5.84 Å². The van der Waals surface area contributed by atoms with Gasteiger partial charge in [0, 0.05) is 22.6 Å². The van der Waals surface area contributed by atoms with Gasteiger partial charge in [0.1, 0.15) is 9.86 Å². The lowest BCUT2D eigenvalue weighted by molar-refractivity contribution is 0.129. The second-order valence-electron chi connectivity index (χ2n) is 4.52. The minimum absolute atomic E-state index is 0.351. The summed E-state index contributed by atoms with van der Waals surface area (Å²) in [6, 6.07) is 2.14. The van der Waals surface area contributed by atoms with Crippen LogP contribution in [0.3, 0.4) is 0 Å². The number of anilines is 1. The number of thiophene rings is 1. The predicted octanol–water partition coefficient (Wildman–Crippen LogP) is 2.56. The fraction of sp³-hybridized carbons (Fsp3) is 0.500. The van der Waals surface area contributed by atoms with Gasteiger partial charge in [-0.1, -0.05) is 0 Å².